The van der Waals surface area contributed by atoms with Gasteiger partial charge in [-0.25, -0.2) is 0 Å². The van der Waals surface area contributed by atoms with Crippen LogP contribution in [0.2, 0.25) is 0 Å². The minimum atomic E-state index is -5.43. The summed E-state index contributed by atoms with van der Waals surface area (Å²) in [7, 11) is 30.4. The molecule has 0 bridgehead atoms. The predicted molar refractivity (Wildman–Crippen MR) is 194 cm³/mol. The molecule has 259 valence electrons. The molecule has 0 saturated heterocycles. The first kappa shape index (κ1) is 47.7. The van der Waals surface area contributed by atoms with E-state index in [1.54, 1.807) is 0 Å². The Balaban J connectivity index is -0.000000574. The van der Waals surface area contributed by atoms with Gasteiger partial charge in [-0.1, -0.05) is 107 Å². The summed E-state index contributed by atoms with van der Waals surface area (Å²) in [5.74, 6) is 0. The molecule has 0 N–H and O–H groups in total. The number of hydrogen-bond acceptors (Lipinski definition) is 0. The average Bonchev–Trinajstić information content (AvgIpc) is 2.90. The molecule has 0 amide bonds. The molecular weight excluding hydrogens is 811 g/mol. The molecule has 0 rings (SSSR count). The van der Waals surface area contributed by atoms with Crippen molar-refractivity contribution in [2.45, 2.75) is 158 Å². The van der Waals surface area contributed by atoms with Crippen molar-refractivity contribution in [1.82, 2.24) is 0 Å². The third-order valence-corrected chi connectivity index (χ3v) is 7.89. The van der Waals surface area contributed by atoms with Gasteiger partial charge in [0.15, 0.2) is 0 Å². The fourth-order valence-electron chi connectivity index (χ4n) is 5.29. The Morgan fingerprint density at radius 2 is 0.390 bits per heavy atom. The molecule has 0 fully saturated rings. The summed E-state index contributed by atoms with van der Waals surface area (Å²) in [6, 6.07) is 0. The second kappa shape index (κ2) is 25.4. The molecule has 0 aliphatic carbocycles. The molecule has 0 radical (unpaired) electrons. The molecule has 0 aromatic rings. The van der Waals surface area contributed by atoms with Gasteiger partial charge in [0.2, 0.25) is 0 Å². The molecule has 0 unspecified atom stereocenters. The van der Waals surface area contributed by atoms with Crippen LogP contribution in [0.25, 0.3) is 0 Å². The molecule has 0 heterocycles. The number of unbranched alkanes of at least 4 members (excludes halogenated alkanes) is 8. The van der Waals surface area contributed by atoms with Crippen LogP contribution in [0.1, 0.15) is 158 Å². The van der Waals surface area contributed by atoms with E-state index in [9.17, 15) is 0 Å². The summed E-state index contributed by atoms with van der Waals surface area (Å²) in [6.45, 7) is 24.6. The third-order valence-electron chi connectivity index (χ3n) is 7.89. The zero-order valence-electron chi connectivity index (χ0n) is 28.5. The van der Waals surface area contributed by atoms with E-state index in [1.165, 1.54) is 164 Å². The topological polar surface area (TPSA) is 0 Å². The molecule has 0 aliphatic heterocycles. The Hall–Kier alpha value is 2.32. The quantitative estimate of drug-likeness (QED) is 0.0848. The van der Waals surface area contributed by atoms with E-state index in [1.807, 2.05) is 0 Å². The monoisotopic (exact) mass is 881 g/mol. The van der Waals surface area contributed by atoms with Crippen molar-refractivity contribution in [3.05, 3.63) is 0 Å². The van der Waals surface area contributed by atoms with E-state index in [0.29, 0.717) is 0 Å². The van der Waals surface area contributed by atoms with Crippen molar-refractivity contribution >= 4 is 57.2 Å². The summed E-state index contributed by atoms with van der Waals surface area (Å²) in [6.07, 6.45) is 22.1. The molecule has 9 heteroatoms. The molecule has 2 nitrogen and oxygen atoms in total. The van der Waals surface area contributed by atoms with Gasteiger partial charge < -0.3 is 8.97 Å². The first-order valence-electron chi connectivity index (χ1n) is 17.0. The van der Waals surface area contributed by atoms with E-state index in [-0.39, 0.29) is 0 Å². The molecule has 0 spiro atoms. The second-order valence-corrected chi connectivity index (χ2v) is 71.0. The predicted octanol–water partition coefficient (Wildman–Crippen LogP) is 14.1. The van der Waals surface area contributed by atoms with Gasteiger partial charge in [0.05, 0.1) is 52.4 Å². The van der Waals surface area contributed by atoms with Gasteiger partial charge in [0.25, 0.3) is 0 Å². The normalized spacial score (nSPS) is 13.9. The molecule has 41 heavy (non-hydrogen) atoms. The molecule has 0 aromatic heterocycles. The minimum absolute atomic E-state index is 1.35. The fourth-order valence-corrected chi connectivity index (χ4v) is 5.29. The summed E-state index contributed by atoms with van der Waals surface area (Å²) < 4.78 is 2.84. The zero-order chi connectivity index (χ0) is 32.4. The van der Waals surface area contributed by atoms with Gasteiger partial charge in [0.1, 0.15) is 0 Å². The van der Waals surface area contributed by atoms with Crippen molar-refractivity contribution in [3.63, 3.8) is 0 Å². The van der Waals surface area contributed by atoms with E-state index >= 15 is 0 Å². The van der Waals surface area contributed by atoms with Gasteiger partial charge in [-0.15, -0.1) is 0 Å². The van der Waals surface area contributed by atoms with Gasteiger partial charge in [-0.2, -0.15) is 0 Å². The number of rotatable bonds is 24. The van der Waals surface area contributed by atoms with Crippen LogP contribution in [0.3, 0.4) is 0 Å². The van der Waals surface area contributed by atoms with Crippen molar-refractivity contribution < 1.29 is 15.9 Å². The Labute approximate surface area is 281 Å². The van der Waals surface area contributed by atoms with E-state index in [4.69, 9.17) is 57.2 Å². The molecule has 0 aromatic carbocycles. The summed E-state index contributed by atoms with van der Waals surface area (Å²) in [4.78, 5) is 0. The van der Waals surface area contributed by atoms with Crippen LogP contribution >= 0.6 is 57.2 Å². The van der Waals surface area contributed by atoms with Crippen LogP contribution < -0.4 is 0 Å². The van der Waals surface area contributed by atoms with Crippen LogP contribution in [0.5, 0.6) is 0 Å². The Bertz CT molecular complexity index is 447. The number of halogens is 6. The third kappa shape index (κ3) is 38.4. The van der Waals surface area contributed by atoms with Crippen LogP contribution in [-0.4, -0.2) is 61.3 Å². The first-order valence-corrected chi connectivity index (χ1v) is 37.2. The van der Waals surface area contributed by atoms with Gasteiger partial charge in [-0.3, -0.25) is 0 Å². The van der Waals surface area contributed by atoms with Crippen molar-refractivity contribution in [2.75, 3.05) is 52.4 Å². The van der Waals surface area contributed by atoms with Crippen molar-refractivity contribution in [1.29, 1.82) is 0 Å². The van der Waals surface area contributed by atoms with Crippen LogP contribution in [0.15, 0.2) is 0 Å². The van der Waals surface area contributed by atoms with Crippen LogP contribution in [-0.2, 0) is 6.97 Å². The maximum atomic E-state index is 5.06. The van der Waals surface area contributed by atoms with E-state index < -0.39 is 6.97 Å². The van der Waals surface area contributed by atoms with E-state index in [0.717, 1.165) is 0 Å². The Morgan fingerprint density at radius 1 is 0.293 bits per heavy atom. The fraction of sp³-hybridized carbons (Fsp3) is 1.00. The van der Waals surface area contributed by atoms with Gasteiger partial charge in [0, 0.05) is 0 Å². The average molecular weight is 884 g/mol. The number of quaternary nitrogens is 2. The Kier molecular flexibility index (Phi) is 29.6. The van der Waals surface area contributed by atoms with Crippen LogP contribution in [0, 0.1) is 0 Å². The van der Waals surface area contributed by atoms with Crippen molar-refractivity contribution in [3.8, 4) is 0 Å². The zero-order valence-corrected chi connectivity index (χ0v) is 35.8. The number of hydrogen-bond donors (Lipinski definition) is 0. The van der Waals surface area contributed by atoms with E-state index in [2.05, 4.69) is 55.4 Å². The molecule has 0 saturated carbocycles. The molecule has 0 aliphatic rings. The standard InChI is InChI=1S/2C16H36N.6ClH.Re/c2*1-5-9-13-17(14-10-6-2,15-11-7-3)16-12-8-4;;;;;;;/h2*5-16H2,1-4H3;6*1H;/q2*+1;;;;;;;+4/p-6. The van der Waals surface area contributed by atoms with Gasteiger partial charge >= 0.3 is 64.1 Å². The summed E-state index contributed by atoms with van der Waals surface area (Å²) in [5, 5.41) is 0. The molecular formula is C32H72Cl6N2Re. The number of nitrogens with zero attached hydrogens (tertiary/aromatic N) is 2. The Morgan fingerprint density at radius 3 is 0.463 bits per heavy atom. The first-order chi connectivity index (χ1) is 18.9. The van der Waals surface area contributed by atoms with Crippen LogP contribution in [0.4, 0.5) is 0 Å². The molecule has 0 atom stereocenters. The SMILES string of the molecule is CCCC[N+](CCCC)(CCCC)CCCC.CCCC[N+](CCCC)(CCCC)CCCC.[Cl][Re-2]([Cl])([Cl])([Cl])([Cl])[Cl]. The van der Waals surface area contributed by atoms with Gasteiger partial charge in [-0.05, 0) is 51.4 Å². The summed E-state index contributed by atoms with van der Waals surface area (Å²) in [5.41, 5.74) is 0. The van der Waals surface area contributed by atoms with Crippen molar-refractivity contribution in [2.24, 2.45) is 0 Å². The maximum absolute atomic E-state index is 5.43. The second-order valence-electron chi connectivity index (χ2n) is 12.1. The summed E-state index contributed by atoms with van der Waals surface area (Å²) >= 11 is 0.